The minimum Gasteiger partial charge on any atom is -0.463 e. The molecule has 0 saturated carbocycles. The maximum atomic E-state index is 13.4. The molecule has 1 amide bonds. The summed E-state index contributed by atoms with van der Waals surface area (Å²) in [6, 6.07) is 5.52. The standard InChI is InChI=1S/C21H21N5O3S2/c1-13-17(30-12-25-13)5-8-29-20(28)21(26-19(27)14-3-2-6-23-10-14)16(9-22)15-4-7-24-11-18(15)31-21/h2-3,6,10,12,16,24H,4-5,7-8,11H2,1H3,(H,26,27). The molecule has 0 fully saturated rings. The van der Waals surface area contributed by atoms with Gasteiger partial charge in [0.1, 0.15) is 5.92 Å². The van der Waals surface area contributed by atoms with E-state index in [1.165, 1.54) is 29.3 Å². The van der Waals surface area contributed by atoms with Gasteiger partial charge in [-0.3, -0.25) is 9.78 Å². The molecule has 4 heterocycles. The van der Waals surface area contributed by atoms with E-state index < -0.39 is 22.7 Å². The summed E-state index contributed by atoms with van der Waals surface area (Å²) in [5.41, 5.74) is 3.88. The van der Waals surface area contributed by atoms with E-state index in [4.69, 9.17) is 4.74 Å². The first kappa shape index (κ1) is 21.5. The first-order valence-electron chi connectivity index (χ1n) is 9.85. The highest BCUT2D eigenvalue weighted by Gasteiger charge is 2.57. The lowest BCUT2D eigenvalue weighted by Gasteiger charge is -2.31. The van der Waals surface area contributed by atoms with Crippen molar-refractivity contribution in [2.75, 3.05) is 19.7 Å². The molecule has 2 aromatic heterocycles. The molecule has 160 valence electrons. The van der Waals surface area contributed by atoms with Crippen molar-refractivity contribution >= 4 is 35.0 Å². The lowest BCUT2D eigenvalue weighted by atomic mass is 9.88. The third kappa shape index (κ3) is 4.21. The number of thioether (sulfide) groups is 1. The lowest BCUT2D eigenvalue weighted by molar-refractivity contribution is -0.148. The number of aryl methyl sites for hydroxylation is 1. The molecule has 0 spiro atoms. The molecule has 0 aromatic carbocycles. The normalized spacial score (nSPS) is 22.5. The highest BCUT2D eigenvalue weighted by Crippen LogP contribution is 2.51. The molecular formula is C21H21N5O3S2. The van der Waals surface area contributed by atoms with Crippen LogP contribution in [0.2, 0.25) is 0 Å². The van der Waals surface area contributed by atoms with Gasteiger partial charge >= 0.3 is 5.97 Å². The van der Waals surface area contributed by atoms with Gasteiger partial charge in [-0.05, 0) is 37.6 Å². The fourth-order valence-corrected chi connectivity index (χ4v) is 5.98. The Morgan fingerprint density at radius 1 is 1.48 bits per heavy atom. The highest BCUT2D eigenvalue weighted by atomic mass is 32.2. The Morgan fingerprint density at radius 2 is 2.35 bits per heavy atom. The van der Waals surface area contributed by atoms with Crippen molar-refractivity contribution in [1.82, 2.24) is 20.6 Å². The Labute approximate surface area is 188 Å². The molecule has 0 aliphatic carbocycles. The van der Waals surface area contributed by atoms with Crippen molar-refractivity contribution in [3.63, 3.8) is 0 Å². The van der Waals surface area contributed by atoms with E-state index in [0.29, 0.717) is 24.9 Å². The monoisotopic (exact) mass is 455 g/mol. The molecule has 4 rings (SSSR count). The zero-order chi connectivity index (χ0) is 21.8. The molecule has 0 radical (unpaired) electrons. The molecule has 2 aliphatic heterocycles. The first-order valence-corrected chi connectivity index (χ1v) is 11.5. The number of nitriles is 1. The number of pyridine rings is 1. The number of esters is 1. The number of carbonyl (C=O) groups is 2. The average molecular weight is 456 g/mol. The van der Waals surface area contributed by atoms with E-state index in [-0.39, 0.29) is 6.61 Å². The van der Waals surface area contributed by atoms with Gasteiger partial charge in [-0.25, -0.2) is 9.78 Å². The smallest absolute Gasteiger partial charge is 0.344 e. The van der Waals surface area contributed by atoms with Gasteiger partial charge in [0.2, 0.25) is 4.87 Å². The quantitative estimate of drug-likeness (QED) is 0.637. The Balaban J connectivity index is 1.58. The minimum atomic E-state index is -1.53. The number of nitrogens with zero attached hydrogens (tertiary/aromatic N) is 3. The van der Waals surface area contributed by atoms with Crippen molar-refractivity contribution in [1.29, 1.82) is 5.26 Å². The number of amides is 1. The van der Waals surface area contributed by atoms with Gasteiger partial charge in [0.25, 0.3) is 5.91 Å². The molecule has 0 bridgehead atoms. The van der Waals surface area contributed by atoms with E-state index in [9.17, 15) is 14.9 Å². The molecule has 2 aromatic rings. The fourth-order valence-electron chi connectivity index (χ4n) is 3.71. The predicted octanol–water partition coefficient (Wildman–Crippen LogP) is 2.19. The molecule has 2 N–H and O–H groups in total. The summed E-state index contributed by atoms with van der Waals surface area (Å²) in [7, 11) is 0. The van der Waals surface area contributed by atoms with Crippen LogP contribution in [-0.4, -0.2) is 46.4 Å². The van der Waals surface area contributed by atoms with Crippen LogP contribution in [0.3, 0.4) is 0 Å². The Bertz CT molecular complexity index is 1060. The van der Waals surface area contributed by atoms with Gasteiger partial charge in [0.15, 0.2) is 0 Å². The van der Waals surface area contributed by atoms with Crippen LogP contribution in [0.4, 0.5) is 0 Å². The maximum Gasteiger partial charge on any atom is 0.344 e. The number of thiazole rings is 1. The summed E-state index contributed by atoms with van der Waals surface area (Å²) in [6.07, 6.45) is 4.18. The number of carbonyl (C=O) groups excluding carboxylic acids is 2. The van der Waals surface area contributed by atoms with Gasteiger partial charge in [0.05, 0.1) is 29.4 Å². The summed E-state index contributed by atoms with van der Waals surface area (Å²) in [4.78, 5) is 34.9. The summed E-state index contributed by atoms with van der Waals surface area (Å²) in [5.74, 6) is -1.88. The van der Waals surface area contributed by atoms with E-state index in [0.717, 1.165) is 27.6 Å². The molecule has 0 saturated heterocycles. The van der Waals surface area contributed by atoms with Gasteiger partial charge in [0, 0.05) is 35.1 Å². The van der Waals surface area contributed by atoms with Crippen molar-refractivity contribution in [2.45, 2.75) is 24.6 Å². The number of nitrogens with one attached hydrogen (secondary N) is 2. The summed E-state index contributed by atoms with van der Waals surface area (Å²) < 4.78 is 5.62. The maximum absolute atomic E-state index is 13.4. The number of ether oxygens (including phenoxy) is 1. The highest BCUT2D eigenvalue weighted by molar-refractivity contribution is 8.05. The van der Waals surface area contributed by atoms with Crippen LogP contribution in [0.5, 0.6) is 0 Å². The lowest BCUT2D eigenvalue weighted by Crippen LogP contribution is -2.56. The van der Waals surface area contributed by atoms with Gasteiger partial charge in [-0.1, -0.05) is 11.8 Å². The van der Waals surface area contributed by atoms with Gasteiger partial charge in [-0.15, -0.1) is 11.3 Å². The second-order valence-corrected chi connectivity index (χ2v) is 9.50. The zero-order valence-corrected chi connectivity index (χ0v) is 18.5. The number of aromatic nitrogens is 2. The Hall–Kier alpha value is -2.74. The van der Waals surface area contributed by atoms with Gasteiger partial charge < -0.3 is 15.4 Å². The number of hydrogen-bond acceptors (Lipinski definition) is 9. The second kappa shape index (κ2) is 9.18. The summed E-state index contributed by atoms with van der Waals surface area (Å²) in [6.45, 7) is 3.35. The number of hydrogen-bond donors (Lipinski definition) is 2. The van der Waals surface area contributed by atoms with E-state index in [1.807, 2.05) is 6.92 Å². The van der Waals surface area contributed by atoms with E-state index >= 15 is 0 Å². The van der Waals surface area contributed by atoms with Crippen molar-refractivity contribution in [3.8, 4) is 6.07 Å². The Morgan fingerprint density at radius 3 is 3.06 bits per heavy atom. The van der Waals surface area contributed by atoms with Crippen LogP contribution >= 0.6 is 23.1 Å². The predicted molar refractivity (Wildman–Crippen MR) is 117 cm³/mol. The molecule has 31 heavy (non-hydrogen) atoms. The average Bonchev–Trinajstić information content (AvgIpc) is 3.34. The third-order valence-corrected chi connectivity index (χ3v) is 7.79. The molecule has 10 heteroatoms. The van der Waals surface area contributed by atoms with Crippen LogP contribution in [0, 0.1) is 24.2 Å². The fraction of sp³-hybridized carbons (Fsp3) is 0.381. The topological polar surface area (TPSA) is 117 Å². The van der Waals surface area contributed by atoms with Crippen molar-refractivity contribution in [3.05, 3.63) is 56.6 Å². The molecule has 8 nitrogen and oxygen atoms in total. The van der Waals surface area contributed by atoms with Crippen LogP contribution in [0.25, 0.3) is 0 Å². The van der Waals surface area contributed by atoms with Crippen LogP contribution < -0.4 is 10.6 Å². The minimum absolute atomic E-state index is 0.147. The van der Waals surface area contributed by atoms with Crippen molar-refractivity contribution < 1.29 is 14.3 Å². The summed E-state index contributed by atoms with van der Waals surface area (Å²) in [5, 5.41) is 16.1. The summed E-state index contributed by atoms with van der Waals surface area (Å²) >= 11 is 2.72. The van der Waals surface area contributed by atoms with Crippen LogP contribution in [-0.2, 0) is 16.0 Å². The third-order valence-electron chi connectivity index (χ3n) is 5.32. The number of rotatable bonds is 6. The molecule has 2 unspecified atom stereocenters. The first-order chi connectivity index (χ1) is 15.0. The van der Waals surface area contributed by atoms with E-state index in [2.05, 4.69) is 26.7 Å². The van der Waals surface area contributed by atoms with Gasteiger partial charge in [-0.2, -0.15) is 5.26 Å². The van der Waals surface area contributed by atoms with Crippen LogP contribution in [0.1, 0.15) is 27.3 Å². The molecule has 2 aliphatic rings. The largest absolute Gasteiger partial charge is 0.463 e. The molecule has 2 atom stereocenters. The molecular weight excluding hydrogens is 434 g/mol. The van der Waals surface area contributed by atoms with Crippen LogP contribution in [0.15, 0.2) is 40.5 Å². The van der Waals surface area contributed by atoms with Crippen molar-refractivity contribution in [2.24, 2.45) is 5.92 Å². The second-order valence-electron chi connectivity index (χ2n) is 7.22. The zero-order valence-electron chi connectivity index (χ0n) is 16.9. The Kier molecular flexibility index (Phi) is 6.36. The SMILES string of the molecule is Cc1ncsc1CCOC(=O)C1(NC(=O)c2cccnc2)SC2=C(CCNC2)C1C#N. The van der Waals surface area contributed by atoms with E-state index in [1.54, 1.807) is 23.8 Å².